The van der Waals surface area contributed by atoms with Gasteiger partial charge in [-0.1, -0.05) is 14.4 Å². The molecule has 3 rings (SSSR count). The SMILES string of the molecule is CC(NC(=O)c1ccc2sc(C(F)(F)P)c(Br)c2c1)c1ccon1. The molecule has 4 nitrogen and oxygen atoms in total. The van der Waals surface area contributed by atoms with Crippen LogP contribution in [0, 0.1) is 0 Å². The van der Waals surface area contributed by atoms with Crippen LogP contribution in [-0.4, -0.2) is 11.1 Å². The van der Waals surface area contributed by atoms with Gasteiger partial charge in [0.25, 0.3) is 11.6 Å². The Labute approximate surface area is 150 Å². The van der Waals surface area contributed by atoms with Gasteiger partial charge in [0, 0.05) is 26.2 Å². The van der Waals surface area contributed by atoms with Gasteiger partial charge in [-0.15, -0.1) is 11.3 Å². The highest BCUT2D eigenvalue weighted by Gasteiger charge is 2.31. The van der Waals surface area contributed by atoms with E-state index in [4.69, 9.17) is 4.52 Å². The summed E-state index contributed by atoms with van der Waals surface area (Å²) in [5.74, 6) is -0.315. The summed E-state index contributed by atoms with van der Waals surface area (Å²) >= 11 is 4.21. The van der Waals surface area contributed by atoms with E-state index in [1.165, 1.54) is 15.5 Å². The first-order valence-corrected chi connectivity index (χ1v) is 9.06. The first-order valence-electron chi connectivity index (χ1n) is 6.87. The predicted molar refractivity (Wildman–Crippen MR) is 95.5 cm³/mol. The van der Waals surface area contributed by atoms with E-state index in [0.717, 1.165) is 11.3 Å². The monoisotopic (exact) mass is 432 g/mol. The van der Waals surface area contributed by atoms with E-state index in [1.54, 1.807) is 31.2 Å². The Morgan fingerprint density at radius 2 is 2.21 bits per heavy atom. The van der Waals surface area contributed by atoms with Crippen LogP contribution < -0.4 is 5.32 Å². The Morgan fingerprint density at radius 1 is 1.46 bits per heavy atom. The number of carbonyl (C=O) groups excluding carboxylic acids is 1. The standard InChI is InChI=1S/C15H12BrF2N2O2PS/c1-7(10-4-5-22-20-10)19-14(21)8-2-3-11-9(6-8)12(16)13(24-11)15(17,18)23/h2-7H,23H2,1H3,(H,19,21). The molecule has 0 bridgehead atoms. The van der Waals surface area contributed by atoms with E-state index in [2.05, 4.69) is 26.4 Å². The molecule has 0 saturated heterocycles. The quantitative estimate of drug-likeness (QED) is 0.585. The molecule has 1 aromatic carbocycles. The first-order chi connectivity index (χ1) is 11.3. The minimum absolute atomic E-state index is 0.0870. The second kappa shape index (κ2) is 6.50. The fourth-order valence-corrected chi connectivity index (χ4v) is 4.68. The van der Waals surface area contributed by atoms with E-state index in [9.17, 15) is 13.6 Å². The smallest absolute Gasteiger partial charge is 0.293 e. The van der Waals surface area contributed by atoms with Gasteiger partial charge in [0.05, 0.1) is 10.9 Å². The Balaban J connectivity index is 1.90. The first kappa shape index (κ1) is 17.5. The number of halogens is 3. The molecule has 3 aromatic rings. The van der Waals surface area contributed by atoms with Crippen molar-refractivity contribution in [3.05, 3.63) is 51.1 Å². The normalized spacial score (nSPS) is 13.2. The molecule has 2 unspecified atom stereocenters. The van der Waals surface area contributed by atoms with Gasteiger partial charge in [-0.05, 0) is 41.1 Å². The lowest BCUT2D eigenvalue weighted by Crippen LogP contribution is -2.26. The molecule has 0 radical (unpaired) electrons. The van der Waals surface area contributed by atoms with Gasteiger partial charge < -0.3 is 9.84 Å². The maximum absolute atomic E-state index is 13.6. The predicted octanol–water partition coefficient (Wildman–Crippen LogP) is 5.07. The van der Waals surface area contributed by atoms with Crippen molar-refractivity contribution in [1.82, 2.24) is 10.5 Å². The second-order valence-electron chi connectivity index (χ2n) is 5.20. The number of alkyl halides is 2. The Kier molecular flexibility index (Phi) is 4.73. The molecule has 2 heterocycles. The number of fused-ring (bicyclic) bond motifs is 1. The number of aromatic nitrogens is 1. The molecular formula is C15H12BrF2N2O2PS. The summed E-state index contributed by atoms with van der Waals surface area (Å²) in [6, 6.07) is 6.21. The van der Waals surface area contributed by atoms with Crippen molar-refractivity contribution in [2.75, 3.05) is 0 Å². The van der Waals surface area contributed by atoms with Gasteiger partial charge in [-0.25, -0.2) is 0 Å². The largest absolute Gasteiger partial charge is 0.364 e. The zero-order chi connectivity index (χ0) is 17.5. The fraction of sp³-hybridized carbons (Fsp3) is 0.200. The van der Waals surface area contributed by atoms with Crippen molar-refractivity contribution in [1.29, 1.82) is 0 Å². The van der Waals surface area contributed by atoms with Crippen molar-refractivity contribution in [2.24, 2.45) is 0 Å². The Morgan fingerprint density at radius 3 is 2.83 bits per heavy atom. The van der Waals surface area contributed by atoms with E-state index < -0.39 is 5.66 Å². The van der Waals surface area contributed by atoms with Gasteiger partial charge in [-0.2, -0.15) is 8.78 Å². The molecule has 1 N–H and O–H groups in total. The van der Waals surface area contributed by atoms with Crippen LogP contribution >= 0.6 is 36.5 Å². The maximum atomic E-state index is 13.6. The van der Waals surface area contributed by atoms with Gasteiger partial charge in [0.15, 0.2) is 0 Å². The number of thiophene rings is 1. The number of nitrogens with zero attached hydrogens (tertiary/aromatic N) is 1. The number of carbonyl (C=O) groups is 1. The molecule has 9 heteroatoms. The summed E-state index contributed by atoms with van der Waals surface area (Å²) in [6.45, 7) is 1.78. The number of hydrogen-bond acceptors (Lipinski definition) is 4. The van der Waals surface area contributed by atoms with Crippen LogP contribution in [0.1, 0.15) is 33.9 Å². The van der Waals surface area contributed by atoms with Crippen LogP contribution in [0.2, 0.25) is 0 Å². The molecule has 0 fully saturated rings. The molecule has 0 saturated carbocycles. The molecule has 0 aliphatic rings. The molecular weight excluding hydrogens is 421 g/mol. The van der Waals surface area contributed by atoms with E-state index in [1.807, 2.05) is 0 Å². The molecule has 1 amide bonds. The lowest BCUT2D eigenvalue weighted by molar-refractivity contribution is 0.0938. The van der Waals surface area contributed by atoms with Crippen LogP contribution in [0.25, 0.3) is 10.1 Å². The summed E-state index contributed by atoms with van der Waals surface area (Å²) in [4.78, 5) is 12.3. The lowest BCUT2D eigenvalue weighted by Gasteiger charge is -2.11. The van der Waals surface area contributed by atoms with Crippen LogP contribution in [0.3, 0.4) is 0 Å². The Bertz CT molecular complexity index is 893. The van der Waals surface area contributed by atoms with Crippen molar-refractivity contribution >= 4 is 52.5 Å². The van der Waals surface area contributed by atoms with Crippen molar-refractivity contribution < 1.29 is 18.1 Å². The summed E-state index contributed by atoms with van der Waals surface area (Å²) in [7, 11) is 1.53. The van der Waals surface area contributed by atoms with Gasteiger partial charge >= 0.3 is 0 Å². The zero-order valence-electron chi connectivity index (χ0n) is 12.3. The van der Waals surface area contributed by atoms with Crippen LogP contribution in [0.4, 0.5) is 8.78 Å². The third-order valence-electron chi connectivity index (χ3n) is 3.44. The number of amides is 1. The third-order valence-corrected chi connectivity index (χ3v) is 6.28. The minimum Gasteiger partial charge on any atom is -0.364 e. The molecule has 126 valence electrons. The number of benzene rings is 1. The van der Waals surface area contributed by atoms with Crippen LogP contribution in [-0.2, 0) is 5.66 Å². The lowest BCUT2D eigenvalue weighted by atomic mass is 10.1. The molecule has 24 heavy (non-hydrogen) atoms. The highest BCUT2D eigenvalue weighted by Crippen LogP contribution is 2.47. The summed E-state index contributed by atoms with van der Waals surface area (Å²) in [6.07, 6.45) is 1.43. The van der Waals surface area contributed by atoms with Crippen LogP contribution in [0.15, 0.2) is 39.5 Å². The highest BCUT2D eigenvalue weighted by atomic mass is 79.9. The molecule has 2 aromatic heterocycles. The molecule has 0 spiro atoms. The molecule has 2 atom stereocenters. The third kappa shape index (κ3) is 3.36. The zero-order valence-corrected chi connectivity index (χ0v) is 15.9. The van der Waals surface area contributed by atoms with Gasteiger partial charge in [0.1, 0.15) is 12.0 Å². The number of rotatable bonds is 4. The average molecular weight is 433 g/mol. The minimum atomic E-state index is -3.02. The molecule has 0 aliphatic heterocycles. The van der Waals surface area contributed by atoms with Gasteiger partial charge in [-0.3, -0.25) is 4.79 Å². The summed E-state index contributed by atoms with van der Waals surface area (Å²) in [5.41, 5.74) is -2.03. The van der Waals surface area contributed by atoms with Crippen molar-refractivity contribution in [2.45, 2.75) is 18.6 Å². The van der Waals surface area contributed by atoms with E-state index in [-0.39, 0.29) is 16.8 Å². The Hall–Kier alpha value is -1.37. The van der Waals surface area contributed by atoms with Gasteiger partial charge in [0.2, 0.25) is 0 Å². The van der Waals surface area contributed by atoms with Crippen LogP contribution in [0.5, 0.6) is 0 Å². The van der Waals surface area contributed by atoms with Crippen molar-refractivity contribution in [3.8, 4) is 0 Å². The second-order valence-corrected chi connectivity index (χ2v) is 7.77. The maximum Gasteiger partial charge on any atom is 0.293 e. The average Bonchev–Trinajstić information content (AvgIpc) is 3.14. The number of nitrogens with one attached hydrogen (secondary N) is 1. The van der Waals surface area contributed by atoms with E-state index >= 15 is 0 Å². The van der Waals surface area contributed by atoms with Crippen molar-refractivity contribution in [3.63, 3.8) is 0 Å². The summed E-state index contributed by atoms with van der Waals surface area (Å²) < 4.78 is 32.9. The topological polar surface area (TPSA) is 55.1 Å². The fourth-order valence-electron chi connectivity index (χ4n) is 2.22. The van der Waals surface area contributed by atoms with E-state index in [0.29, 0.717) is 25.8 Å². The molecule has 0 aliphatic carbocycles. The number of hydrogen-bond donors (Lipinski definition) is 1. The summed E-state index contributed by atoms with van der Waals surface area (Å²) in [5, 5.41) is 7.15. The highest BCUT2D eigenvalue weighted by molar-refractivity contribution is 9.10.